The molecule has 4 aromatic rings. The highest BCUT2D eigenvalue weighted by molar-refractivity contribution is 9.10. The van der Waals surface area contributed by atoms with Gasteiger partial charge in [0.2, 0.25) is 0 Å². The minimum absolute atomic E-state index is 0.00248. The van der Waals surface area contributed by atoms with E-state index in [4.69, 9.17) is 10.00 Å². The van der Waals surface area contributed by atoms with Gasteiger partial charge in [0.05, 0.1) is 42.2 Å². The molecule has 0 fully saturated rings. The Bertz CT molecular complexity index is 1320. The Kier molecular flexibility index (Phi) is 6.63. The minimum Gasteiger partial charge on any atom is -0.455 e. The molecule has 0 aliphatic rings. The number of imidazole rings is 1. The lowest BCUT2D eigenvalue weighted by Gasteiger charge is -2.08. The summed E-state index contributed by atoms with van der Waals surface area (Å²) in [5, 5.41) is 13.7. The summed E-state index contributed by atoms with van der Waals surface area (Å²) < 4.78 is 8.07. The molecule has 0 aliphatic carbocycles. The fourth-order valence-electron chi connectivity index (χ4n) is 3.17. The van der Waals surface area contributed by atoms with Crippen LogP contribution in [0.1, 0.15) is 16.8 Å². The first-order valence-electron chi connectivity index (χ1n) is 9.64. The van der Waals surface area contributed by atoms with Gasteiger partial charge in [-0.2, -0.15) is 5.26 Å². The van der Waals surface area contributed by atoms with Crippen LogP contribution in [0.3, 0.4) is 0 Å². The molecule has 4 rings (SSSR count). The molecule has 2 heterocycles. The number of ether oxygens (including phenoxy) is 1. The number of hydrogen-bond donors (Lipinski definition) is 1. The summed E-state index contributed by atoms with van der Waals surface area (Å²) in [6, 6.07) is 16.7. The van der Waals surface area contributed by atoms with Crippen molar-refractivity contribution in [1.29, 1.82) is 5.26 Å². The van der Waals surface area contributed by atoms with Gasteiger partial charge in [-0.15, -0.1) is 11.3 Å². The fraction of sp³-hybridized carbons (Fsp3) is 0.130. The van der Waals surface area contributed by atoms with Crippen molar-refractivity contribution < 1.29 is 14.3 Å². The standard InChI is InChI=1S/C23H17BrN4O3S/c24-18-6-4-17(5-7-18)20-14-32-23-27-12-19(28(20)23)11-26-21(29)13-31-22(30)9-15-2-1-3-16(8-15)10-25/h1-8,12,14H,9,11,13H2,(H,26,29). The third-order valence-corrected chi connectivity index (χ3v) is 6.06. The van der Waals surface area contributed by atoms with E-state index < -0.39 is 11.9 Å². The zero-order valence-electron chi connectivity index (χ0n) is 16.7. The van der Waals surface area contributed by atoms with Crippen molar-refractivity contribution in [2.24, 2.45) is 0 Å². The maximum atomic E-state index is 12.2. The van der Waals surface area contributed by atoms with Crippen LogP contribution in [-0.4, -0.2) is 27.9 Å². The molecule has 0 aliphatic heterocycles. The van der Waals surface area contributed by atoms with Crippen LogP contribution >= 0.6 is 27.3 Å². The number of halogens is 1. The molecule has 32 heavy (non-hydrogen) atoms. The van der Waals surface area contributed by atoms with E-state index in [-0.39, 0.29) is 19.6 Å². The molecule has 0 saturated heterocycles. The number of carbonyl (C=O) groups is 2. The molecular formula is C23H17BrN4O3S. The number of esters is 1. The normalized spacial score (nSPS) is 10.6. The zero-order chi connectivity index (χ0) is 22.5. The van der Waals surface area contributed by atoms with Crippen LogP contribution in [0, 0.1) is 11.3 Å². The van der Waals surface area contributed by atoms with Gasteiger partial charge in [-0.1, -0.05) is 40.2 Å². The number of hydrogen-bond acceptors (Lipinski definition) is 6. The molecule has 0 saturated carbocycles. The number of amides is 1. The van der Waals surface area contributed by atoms with Gasteiger partial charge in [0, 0.05) is 9.85 Å². The molecule has 2 aromatic carbocycles. The molecule has 0 bridgehead atoms. The fourth-order valence-corrected chi connectivity index (χ4v) is 4.32. The number of carbonyl (C=O) groups excluding carboxylic acids is 2. The monoisotopic (exact) mass is 508 g/mol. The number of thiazole rings is 1. The number of nitrogens with zero attached hydrogens (tertiary/aromatic N) is 3. The third kappa shape index (κ3) is 5.04. The molecule has 1 amide bonds. The number of benzene rings is 2. The molecule has 9 heteroatoms. The minimum atomic E-state index is -0.530. The summed E-state index contributed by atoms with van der Waals surface area (Å²) in [6.45, 7) is -0.121. The van der Waals surface area contributed by atoms with Crippen LogP contribution in [-0.2, 0) is 27.3 Å². The summed E-state index contributed by atoms with van der Waals surface area (Å²) in [6.07, 6.45) is 1.72. The van der Waals surface area contributed by atoms with E-state index in [2.05, 4.69) is 26.2 Å². The van der Waals surface area contributed by atoms with Crippen molar-refractivity contribution in [3.05, 3.63) is 81.4 Å². The Morgan fingerprint density at radius 2 is 2.03 bits per heavy atom. The quantitative estimate of drug-likeness (QED) is 0.379. The van der Waals surface area contributed by atoms with Crippen LogP contribution in [0.2, 0.25) is 0 Å². The third-order valence-electron chi connectivity index (χ3n) is 4.69. The van der Waals surface area contributed by atoms with Crippen LogP contribution in [0.25, 0.3) is 16.2 Å². The second-order valence-electron chi connectivity index (χ2n) is 6.92. The SMILES string of the molecule is N#Cc1cccc(CC(=O)OCC(=O)NCc2cnc3scc(-c4ccc(Br)cc4)n23)c1. The lowest BCUT2D eigenvalue weighted by molar-refractivity contribution is -0.147. The van der Waals surface area contributed by atoms with E-state index in [1.54, 1.807) is 30.5 Å². The summed E-state index contributed by atoms with van der Waals surface area (Å²) in [4.78, 5) is 29.5. The van der Waals surface area contributed by atoms with Gasteiger partial charge >= 0.3 is 5.97 Å². The summed E-state index contributed by atoms with van der Waals surface area (Å²) in [7, 11) is 0. The largest absolute Gasteiger partial charge is 0.455 e. The van der Waals surface area contributed by atoms with Gasteiger partial charge in [-0.05, 0) is 35.4 Å². The molecule has 1 N–H and O–H groups in total. The highest BCUT2D eigenvalue weighted by atomic mass is 79.9. The predicted molar refractivity (Wildman–Crippen MR) is 124 cm³/mol. The smallest absolute Gasteiger partial charge is 0.310 e. The van der Waals surface area contributed by atoms with Gasteiger partial charge < -0.3 is 10.1 Å². The first kappa shape index (κ1) is 21.7. The highest BCUT2D eigenvalue weighted by Gasteiger charge is 2.14. The lowest BCUT2D eigenvalue weighted by atomic mass is 10.1. The summed E-state index contributed by atoms with van der Waals surface area (Å²) >= 11 is 4.97. The molecule has 160 valence electrons. The lowest BCUT2D eigenvalue weighted by Crippen LogP contribution is -2.29. The van der Waals surface area contributed by atoms with E-state index in [1.165, 1.54) is 11.3 Å². The number of rotatable bonds is 7. The van der Waals surface area contributed by atoms with Crippen LogP contribution < -0.4 is 5.32 Å². The summed E-state index contributed by atoms with van der Waals surface area (Å²) in [5.74, 6) is -0.933. The molecule has 0 atom stereocenters. The number of aromatic nitrogens is 2. The van der Waals surface area contributed by atoms with E-state index in [9.17, 15) is 9.59 Å². The van der Waals surface area contributed by atoms with Crippen molar-refractivity contribution >= 4 is 44.1 Å². The molecule has 2 aromatic heterocycles. The number of nitrogens with one attached hydrogen (secondary N) is 1. The molecule has 0 unspecified atom stereocenters. The molecule has 7 nitrogen and oxygen atoms in total. The maximum absolute atomic E-state index is 12.2. The number of nitriles is 1. The van der Waals surface area contributed by atoms with Crippen molar-refractivity contribution in [1.82, 2.24) is 14.7 Å². The van der Waals surface area contributed by atoms with E-state index in [0.717, 1.165) is 26.4 Å². The molecule has 0 radical (unpaired) electrons. The summed E-state index contributed by atoms with van der Waals surface area (Å²) in [5.41, 5.74) is 3.99. The Hall–Kier alpha value is -3.48. The maximum Gasteiger partial charge on any atom is 0.310 e. The van der Waals surface area contributed by atoms with E-state index in [1.807, 2.05) is 40.1 Å². The van der Waals surface area contributed by atoms with Crippen molar-refractivity contribution in [3.63, 3.8) is 0 Å². The van der Waals surface area contributed by atoms with Crippen LogP contribution in [0.5, 0.6) is 0 Å². The van der Waals surface area contributed by atoms with Crippen molar-refractivity contribution in [3.8, 4) is 17.3 Å². The zero-order valence-corrected chi connectivity index (χ0v) is 19.1. The number of fused-ring (bicyclic) bond motifs is 1. The van der Waals surface area contributed by atoms with Crippen LogP contribution in [0.4, 0.5) is 0 Å². The Labute approximate surface area is 196 Å². The van der Waals surface area contributed by atoms with Crippen LogP contribution in [0.15, 0.2) is 64.6 Å². The van der Waals surface area contributed by atoms with E-state index in [0.29, 0.717) is 11.1 Å². The second kappa shape index (κ2) is 9.77. The first-order chi connectivity index (χ1) is 15.5. The van der Waals surface area contributed by atoms with Crippen molar-refractivity contribution in [2.45, 2.75) is 13.0 Å². The Morgan fingerprint density at radius 3 is 2.81 bits per heavy atom. The van der Waals surface area contributed by atoms with Gasteiger partial charge in [0.25, 0.3) is 5.91 Å². The average molecular weight is 509 g/mol. The first-order valence-corrected chi connectivity index (χ1v) is 11.3. The topological polar surface area (TPSA) is 96.5 Å². The molecular weight excluding hydrogens is 492 g/mol. The second-order valence-corrected chi connectivity index (χ2v) is 8.67. The average Bonchev–Trinajstić information content (AvgIpc) is 3.39. The van der Waals surface area contributed by atoms with Gasteiger partial charge in [0.15, 0.2) is 11.6 Å². The molecule has 0 spiro atoms. The van der Waals surface area contributed by atoms with E-state index >= 15 is 0 Å². The van der Waals surface area contributed by atoms with Gasteiger partial charge in [0.1, 0.15) is 0 Å². The van der Waals surface area contributed by atoms with Crippen molar-refractivity contribution in [2.75, 3.05) is 6.61 Å². The van der Waals surface area contributed by atoms with Gasteiger partial charge in [-0.3, -0.25) is 14.0 Å². The predicted octanol–water partition coefficient (Wildman–Crippen LogP) is 4.10. The highest BCUT2D eigenvalue weighted by Crippen LogP contribution is 2.28. The van der Waals surface area contributed by atoms with Gasteiger partial charge in [-0.25, -0.2) is 4.98 Å². The Morgan fingerprint density at radius 1 is 1.22 bits per heavy atom. The Balaban J connectivity index is 1.34.